The highest BCUT2D eigenvalue weighted by atomic mass is 14.5. The highest BCUT2D eigenvalue weighted by Gasteiger charge is 2.15. The number of benzene rings is 5. The summed E-state index contributed by atoms with van der Waals surface area (Å²) in [5.41, 5.74) is 8.43. The van der Waals surface area contributed by atoms with Crippen LogP contribution in [0.3, 0.4) is 0 Å². The van der Waals surface area contributed by atoms with E-state index in [1.807, 2.05) is 0 Å². The van der Waals surface area contributed by atoms with E-state index in [1.54, 1.807) is 0 Å². The molecule has 0 radical (unpaired) electrons. The summed E-state index contributed by atoms with van der Waals surface area (Å²) in [4.78, 5) is 0. The predicted octanol–water partition coefficient (Wildman–Crippen LogP) is 5.88. The molecule has 0 atom stereocenters. The van der Waals surface area contributed by atoms with Crippen LogP contribution in [0, 0.1) is 0 Å². The lowest BCUT2D eigenvalue weighted by Gasteiger charge is -2.17. The van der Waals surface area contributed by atoms with Crippen molar-refractivity contribution in [3.63, 3.8) is 0 Å². The van der Waals surface area contributed by atoms with Gasteiger partial charge in [-0.3, -0.25) is 0 Å². The highest BCUT2D eigenvalue weighted by Crippen LogP contribution is 2.42. The van der Waals surface area contributed by atoms with Crippen LogP contribution in [0.25, 0.3) is 43.1 Å². The van der Waals surface area contributed by atoms with Crippen LogP contribution in [-0.4, -0.2) is 0 Å². The van der Waals surface area contributed by atoms with Crippen molar-refractivity contribution in [3.8, 4) is 0 Å². The molecule has 0 heterocycles. The monoisotopic (exact) mass is 295 g/mol. The molecule has 1 nitrogen and oxygen atoms in total. The maximum atomic E-state index is 6.19. The molecule has 0 fully saturated rings. The van der Waals surface area contributed by atoms with Crippen LogP contribution in [-0.2, 0) is 6.42 Å². The zero-order valence-electron chi connectivity index (χ0n) is 13.1. The molecule has 0 aliphatic heterocycles. The first-order valence-electron chi connectivity index (χ1n) is 8.15. The molecule has 0 amide bonds. The van der Waals surface area contributed by atoms with Crippen molar-refractivity contribution in [2.24, 2.45) is 0 Å². The van der Waals surface area contributed by atoms with E-state index in [-0.39, 0.29) is 0 Å². The topological polar surface area (TPSA) is 26.0 Å². The summed E-state index contributed by atoms with van der Waals surface area (Å²) in [7, 11) is 0. The zero-order valence-corrected chi connectivity index (χ0v) is 13.1. The minimum Gasteiger partial charge on any atom is -0.399 e. The molecule has 0 bridgehead atoms. The molecule has 5 aromatic carbocycles. The van der Waals surface area contributed by atoms with E-state index in [0.717, 1.165) is 12.1 Å². The summed E-state index contributed by atoms with van der Waals surface area (Å²) in [6, 6.07) is 21.9. The second-order valence-electron chi connectivity index (χ2n) is 6.33. The zero-order chi connectivity index (χ0) is 15.6. The van der Waals surface area contributed by atoms with Gasteiger partial charge in [-0.05, 0) is 67.2 Å². The van der Waals surface area contributed by atoms with E-state index in [0.29, 0.717) is 0 Å². The first kappa shape index (κ1) is 12.7. The smallest absolute Gasteiger partial charge is 0.0326 e. The van der Waals surface area contributed by atoms with Crippen molar-refractivity contribution in [3.05, 3.63) is 66.2 Å². The average molecular weight is 295 g/mol. The second kappa shape index (κ2) is 4.36. The van der Waals surface area contributed by atoms with E-state index in [1.165, 1.54) is 48.7 Å². The van der Waals surface area contributed by atoms with Crippen LogP contribution >= 0.6 is 0 Å². The van der Waals surface area contributed by atoms with Gasteiger partial charge in [0.25, 0.3) is 0 Å². The summed E-state index contributed by atoms with van der Waals surface area (Å²) < 4.78 is 0. The number of rotatable bonds is 1. The van der Waals surface area contributed by atoms with Gasteiger partial charge in [-0.25, -0.2) is 0 Å². The molecular weight excluding hydrogens is 278 g/mol. The van der Waals surface area contributed by atoms with Crippen molar-refractivity contribution < 1.29 is 0 Å². The molecule has 0 spiro atoms. The van der Waals surface area contributed by atoms with Gasteiger partial charge in [-0.1, -0.05) is 55.5 Å². The summed E-state index contributed by atoms with van der Waals surface area (Å²) >= 11 is 0. The van der Waals surface area contributed by atoms with Crippen LogP contribution in [0.5, 0.6) is 0 Å². The van der Waals surface area contributed by atoms with Crippen molar-refractivity contribution in [2.75, 3.05) is 5.73 Å². The number of nitrogens with two attached hydrogens (primary N) is 1. The molecular formula is C22H17N. The third-order valence-corrected chi connectivity index (χ3v) is 5.07. The maximum Gasteiger partial charge on any atom is 0.0326 e. The highest BCUT2D eigenvalue weighted by molar-refractivity contribution is 6.33. The van der Waals surface area contributed by atoms with Gasteiger partial charge in [-0.15, -0.1) is 0 Å². The SMILES string of the molecule is CCc1ccc2cc(N)cc3c4cccc5cccc(c1c23)c54. The molecule has 0 aromatic heterocycles. The molecule has 1 heteroatoms. The van der Waals surface area contributed by atoms with E-state index >= 15 is 0 Å². The number of anilines is 1. The van der Waals surface area contributed by atoms with E-state index < -0.39 is 0 Å². The maximum absolute atomic E-state index is 6.19. The van der Waals surface area contributed by atoms with E-state index in [2.05, 4.69) is 67.6 Å². The Morgan fingerprint density at radius 1 is 0.696 bits per heavy atom. The molecule has 0 unspecified atom stereocenters. The lowest BCUT2D eigenvalue weighted by molar-refractivity contribution is 1.16. The van der Waals surface area contributed by atoms with Gasteiger partial charge < -0.3 is 5.73 Å². The summed E-state index contributed by atoms with van der Waals surface area (Å²) in [5.74, 6) is 0. The fourth-order valence-corrected chi connectivity index (χ4v) is 4.12. The number of hydrogen-bond donors (Lipinski definition) is 1. The Kier molecular flexibility index (Phi) is 2.41. The van der Waals surface area contributed by atoms with Crippen molar-refractivity contribution in [1.82, 2.24) is 0 Å². The standard InChI is InChI=1S/C22H17N/c1-2-13-9-10-15-11-16(23)12-19-17-7-3-5-14-6-4-8-18(20(14)17)21(13)22(15)19/h3-12H,2,23H2,1H3. The van der Waals surface area contributed by atoms with Crippen LogP contribution in [0.1, 0.15) is 12.5 Å². The number of hydrogen-bond acceptors (Lipinski definition) is 1. The van der Waals surface area contributed by atoms with Crippen LogP contribution < -0.4 is 5.73 Å². The van der Waals surface area contributed by atoms with Crippen molar-refractivity contribution in [2.45, 2.75) is 13.3 Å². The third kappa shape index (κ3) is 1.57. The minimum absolute atomic E-state index is 0.832. The second-order valence-corrected chi connectivity index (χ2v) is 6.33. The molecule has 5 aromatic rings. The lowest BCUT2D eigenvalue weighted by Crippen LogP contribution is -1.93. The lowest BCUT2D eigenvalue weighted by atomic mass is 9.87. The quantitative estimate of drug-likeness (QED) is 0.233. The van der Waals surface area contributed by atoms with Crippen LogP contribution in [0.2, 0.25) is 0 Å². The van der Waals surface area contributed by atoms with Gasteiger partial charge in [0.1, 0.15) is 0 Å². The van der Waals surface area contributed by atoms with Gasteiger partial charge in [-0.2, -0.15) is 0 Å². The van der Waals surface area contributed by atoms with Gasteiger partial charge in [0, 0.05) is 5.69 Å². The Bertz CT molecular complexity index is 1200. The molecule has 2 N–H and O–H groups in total. The van der Waals surface area contributed by atoms with E-state index in [9.17, 15) is 0 Å². The van der Waals surface area contributed by atoms with Gasteiger partial charge in [0.2, 0.25) is 0 Å². The molecule has 5 rings (SSSR count). The normalized spacial score (nSPS) is 12.0. The van der Waals surface area contributed by atoms with Crippen molar-refractivity contribution >= 4 is 48.8 Å². The summed E-state index contributed by atoms with van der Waals surface area (Å²) in [6.07, 6.45) is 1.04. The average Bonchev–Trinajstić information content (AvgIpc) is 2.58. The Morgan fingerprint density at radius 2 is 1.48 bits per heavy atom. The predicted molar refractivity (Wildman–Crippen MR) is 101 cm³/mol. The number of aryl methyl sites for hydroxylation is 1. The first-order valence-corrected chi connectivity index (χ1v) is 8.15. The van der Waals surface area contributed by atoms with Gasteiger partial charge in [0.15, 0.2) is 0 Å². The molecule has 110 valence electrons. The van der Waals surface area contributed by atoms with E-state index in [4.69, 9.17) is 5.73 Å². The fourth-order valence-electron chi connectivity index (χ4n) is 4.12. The minimum atomic E-state index is 0.832. The third-order valence-electron chi connectivity index (χ3n) is 5.07. The van der Waals surface area contributed by atoms with Gasteiger partial charge in [0.05, 0.1) is 0 Å². The molecule has 0 aliphatic rings. The van der Waals surface area contributed by atoms with Crippen LogP contribution in [0.15, 0.2) is 60.7 Å². The molecule has 0 aliphatic carbocycles. The van der Waals surface area contributed by atoms with Crippen molar-refractivity contribution in [1.29, 1.82) is 0 Å². The molecule has 0 saturated heterocycles. The van der Waals surface area contributed by atoms with Crippen LogP contribution in [0.4, 0.5) is 5.69 Å². The Labute approximate surface area is 134 Å². The Balaban J connectivity index is 2.27. The van der Waals surface area contributed by atoms with Gasteiger partial charge >= 0.3 is 0 Å². The molecule has 0 saturated carbocycles. The summed E-state index contributed by atoms with van der Waals surface area (Å²) in [5, 5.41) is 10.6. The first-order chi connectivity index (χ1) is 11.3. The fraction of sp³-hybridized carbons (Fsp3) is 0.0909. The number of fused-ring (bicyclic) bond motifs is 2. The largest absolute Gasteiger partial charge is 0.399 e. The Morgan fingerprint density at radius 3 is 2.26 bits per heavy atom. The number of nitrogen functional groups attached to an aromatic ring is 1. The Hall–Kier alpha value is -2.80. The molecule has 23 heavy (non-hydrogen) atoms. The summed E-state index contributed by atoms with van der Waals surface area (Å²) in [6.45, 7) is 2.23.